The van der Waals surface area contributed by atoms with Crippen molar-refractivity contribution < 1.29 is 9.90 Å². The maximum absolute atomic E-state index is 10.5. The molecule has 0 fully saturated rings. The smallest absolute Gasteiger partial charge is 0.330 e. The molecule has 82 valence electrons. The molecule has 4 nitrogen and oxygen atoms in total. The highest BCUT2D eigenvalue weighted by Crippen LogP contribution is 1.94. The number of hydrogen-bond acceptors (Lipinski definition) is 3. The van der Waals surface area contributed by atoms with E-state index in [9.17, 15) is 4.79 Å². The van der Waals surface area contributed by atoms with Gasteiger partial charge in [-0.3, -0.25) is 0 Å². The molecule has 0 aromatic carbocycles. The molecule has 0 aliphatic rings. The maximum atomic E-state index is 10.5. The van der Waals surface area contributed by atoms with Gasteiger partial charge in [-0.05, 0) is 40.5 Å². The van der Waals surface area contributed by atoms with Crippen molar-refractivity contribution in [1.29, 1.82) is 0 Å². The third kappa shape index (κ3) is 6.62. The van der Waals surface area contributed by atoms with E-state index >= 15 is 0 Å². The van der Waals surface area contributed by atoms with Crippen LogP contribution in [0.3, 0.4) is 0 Å². The Hall–Kier alpha value is -0.870. The van der Waals surface area contributed by atoms with Crippen molar-refractivity contribution in [3.05, 3.63) is 11.6 Å². The molecule has 0 saturated carbocycles. The Morgan fingerprint density at radius 1 is 1.57 bits per heavy atom. The predicted molar refractivity (Wildman–Crippen MR) is 57.4 cm³/mol. The fraction of sp³-hybridized carbons (Fsp3) is 0.700. The second kappa shape index (κ2) is 7.53. The van der Waals surface area contributed by atoms with E-state index in [1.807, 2.05) is 14.1 Å². The first-order valence-electron chi connectivity index (χ1n) is 4.81. The Morgan fingerprint density at radius 2 is 2.21 bits per heavy atom. The molecule has 0 saturated heterocycles. The molecule has 0 aromatic heterocycles. The number of likely N-dealkylation sites (N-methyl/N-ethyl adjacent to an activating group) is 1. The predicted octanol–water partition coefficient (Wildman–Crippen LogP) is 0.559. The molecule has 14 heavy (non-hydrogen) atoms. The molecule has 0 amide bonds. The van der Waals surface area contributed by atoms with Gasteiger partial charge in [0.05, 0.1) is 0 Å². The van der Waals surface area contributed by atoms with Crippen molar-refractivity contribution in [2.24, 2.45) is 0 Å². The van der Waals surface area contributed by atoms with Gasteiger partial charge in [-0.1, -0.05) is 6.08 Å². The second-order valence-corrected chi connectivity index (χ2v) is 3.41. The van der Waals surface area contributed by atoms with Gasteiger partial charge in [-0.15, -0.1) is 0 Å². The first kappa shape index (κ1) is 13.1. The Morgan fingerprint density at radius 3 is 2.71 bits per heavy atom. The quantitative estimate of drug-likeness (QED) is 0.466. The van der Waals surface area contributed by atoms with Crippen LogP contribution in [-0.2, 0) is 4.79 Å². The number of nitrogens with one attached hydrogen (secondary N) is 1. The number of carboxylic acid groups (broad SMARTS) is 1. The van der Waals surface area contributed by atoms with Gasteiger partial charge < -0.3 is 15.3 Å². The van der Waals surface area contributed by atoms with Crippen molar-refractivity contribution >= 4 is 5.97 Å². The van der Waals surface area contributed by atoms with Gasteiger partial charge in [0.2, 0.25) is 0 Å². The Bertz CT molecular complexity index is 202. The summed E-state index contributed by atoms with van der Waals surface area (Å²) in [4.78, 5) is 12.6. The zero-order chi connectivity index (χ0) is 11.0. The van der Waals surface area contributed by atoms with Crippen LogP contribution in [0.1, 0.15) is 13.3 Å². The summed E-state index contributed by atoms with van der Waals surface area (Å²) >= 11 is 0. The van der Waals surface area contributed by atoms with Crippen LogP contribution >= 0.6 is 0 Å². The lowest BCUT2D eigenvalue weighted by Gasteiger charge is -2.13. The molecule has 0 atom stereocenters. The van der Waals surface area contributed by atoms with Crippen LogP contribution < -0.4 is 5.32 Å². The van der Waals surface area contributed by atoms with Crippen LogP contribution in [0.15, 0.2) is 11.6 Å². The summed E-state index contributed by atoms with van der Waals surface area (Å²) < 4.78 is 0. The molecule has 0 spiro atoms. The molecule has 0 rings (SSSR count). The number of hydrogen-bond donors (Lipinski definition) is 2. The van der Waals surface area contributed by atoms with Crippen LogP contribution in [0.4, 0.5) is 0 Å². The fourth-order valence-electron chi connectivity index (χ4n) is 0.997. The fourth-order valence-corrected chi connectivity index (χ4v) is 0.997. The Labute approximate surface area is 85.6 Å². The summed E-state index contributed by atoms with van der Waals surface area (Å²) in [5, 5.41) is 11.7. The van der Waals surface area contributed by atoms with Crippen LogP contribution in [0.2, 0.25) is 0 Å². The minimum absolute atomic E-state index is 0.408. The summed E-state index contributed by atoms with van der Waals surface area (Å²) in [6.07, 6.45) is 2.81. The summed E-state index contributed by atoms with van der Waals surface area (Å²) in [6.45, 7) is 4.28. The third-order valence-electron chi connectivity index (χ3n) is 2.01. The normalized spacial score (nSPS) is 12.1. The van der Waals surface area contributed by atoms with E-state index in [0.717, 1.165) is 19.5 Å². The second-order valence-electron chi connectivity index (χ2n) is 3.41. The van der Waals surface area contributed by atoms with Gasteiger partial charge in [-0.2, -0.15) is 0 Å². The lowest BCUT2D eigenvalue weighted by atomic mass is 10.3. The first-order valence-corrected chi connectivity index (χ1v) is 4.81. The van der Waals surface area contributed by atoms with E-state index in [4.69, 9.17) is 5.11 Å². The zero-order valence-electron chi connectivity index (χ0n) is 9.21. The average Bonchev–Trinajstić information content (AvgIpc) is 2.14. The Kier molecular flexibility index (Phi) is 7.06. The van der Waals surface area contributed by atoms with E-state index in [2.05, 4.69) is 10.2 Å². The first-order chi connectivity index (χ1) is 6.57. The molecule has 0 heterocycles. The van der Waals surface area contributed by atoms with Crippen LogP contribution in [0.5, 0.6) is 0 Å². The van der Waals surface area contributed by atoms with Crippen molar-refractivity contribution in [3.63, 3.8) is 0 Å². The number of nitrogens with zero attached hydrogens (tertiary/aromatic N) is 1. The van der Waals surface area contributed by atoms with Crippen LogP contribution in [0, 0.1) is 0 Å². The van der Waals surface area contributed by atoms with E-state index in [0.29, 0.717) is 12.1 Å². The molecule has 0 unspecified atom stereocenters. The number of carbonyl (C=O) groups is 1. The number of aliphatic carboxylic acids is 1. The minimum Gasteiger partial charge on any atom is -0.478 e. The largest absolute Gasteiger partial charge is 0.478 e. The summed E-state index contributed by atoms with van der Waals surface area (Å²) in [6, 6.07) is 0. The van der Waals surface area contributed by atoms with E-state index in [-0.39, 0.29) is 0 Å². The molecule has 0 bridgehead atoms. The summed E-state index contributed by atoms with van der Waals surface area (Å²) in [5.74, 6) is -0.839. The Balaban J connectivity index is 3.67. The third-order valence-corrected chi connectivity index (χ3v) is 2.01. The SMILES string of the molecule is CNCCCN(C)CC=C(C)C(=O)O. The van der Waals surface area contributed by atoms with E-state index < -0.39 is 5.97 Å². The summed E-state index contributed by atoms with van der Waals surface area (Å²) in [7, 11) is 3.91. The lowest BCUT2D eigenvalue weighted by Crippen LogP contribution is -2.23. The highest BCUT2D eigenvalue weighted by atomic mass is 16.4. The van der Waals surface area contributed by atoms with E-state index in [1.54, 1.807) is 13.0 Å². The lowest BCUT2D eigenvalue weighted by molar-refractivity contribution is -0.132. The molecule has 0 aromatic rings. The molecular formula is C10H20N2O2. The van der Waals surface area contributed by atoms with Crippen molar-refractivity contribution in [2.45, 2.75) is 13.3 Å². The highest BCUT2D eigenvalue weighted by molar-refractivity contribution is 5.85. The molecule has 0 aliphatic heterocycles. The van der Waals surface area contributed by atoms with Crippen molar-refractivity contribution in [2.75, 3.05) is 33.7 Å². The van der Waals surface area contributed by atoms with Gasteiger partial charge in [0.25, 0.3) is 0 Å². The molecular weight excluding hydrogens is 180 g/mol. The molecule has 0 aliphatic carbocycles. The molecule has 4 heteroatoms. The van der Waals surface area contributed by atoms with Crippen LogP contribution in [0.25, 0.3) is 0 Å². The topological polar surface area (TPSA) is 52.6 Å². The van der Waals surface area contributed by atoms with E-state index in [1.165, 1.54) is 0 Å². The van der Waals surface area contributed by atoms with Gasteiger partial charge in [-0.25, -0.2) is 4.79 Å². The summed E-state index contributed by atoms with van der Waals surface area (Å²) in [5.41, 5.74) is 0.408. The minimum atomic E-state index is -0.839. The number of rotatable bonds is 7. The van der Waals surface area contributed by atoms with Gasteiger partial charge in [0, 0.05) is 12.1 Å². The van der Waals surface area contributed by atoms with Crippen molar-refractivity contribution in [1.82, 2.24) is 10.2 Å². The van der Waals surface area contributed by atoms with Gasteiger partial charge >= 0.3 is 5.97 Å². The molecule has 2 N–H and O–H groups in total. The van der Waals surface area contributed by atoms with Gasteiger partial charge in [0.1, 0.15) is 0 Å². The standard InChI is InChI=1S/C10H20N2O2/c1-9(10(13)14)5-8-12(3)7-4-6-11-2/h5,11H,4,6-8H2,1-3H3,(H,13,14). The maximum Gasteiger partial charge on any atom is 0.330 e. The van der Waals surface area contributed by atoms with Crippen LogP contribution in [-0.4, -0.2) is 49.7 Å². The average molecular weight is 200 g/mol. The number of carboxylic acids is 1. The zero-order valence-corrected chi connectivity index (χ0v) is 9.21. The van der Waals surface area contributed by atoms with Crippen molar-refractivity contribution in [3.8, 4) is 0 Å². The highest BCUT2D eigenvalue weighted by Gasteiger charge is 2.00. The monoisotopic (exact) mass is 200 g/mol. The van der Waals surface area contributed by atoms with Gasteiger partial charge in [0.15, 0.2) is 0 Å². The molecule has 0 radical (unpaired) electrons.